The number of halogens is 1. The fraction of sp³-hybridized carbons (Fsp3) is 0.176. The molecular formula is C17H16BrNO3. The van der Waals surface area contributed by atoms with E-state index >= 15 is 0 Å². The van der Waals surface area contributed by atoms with Crippen LogP contribution in [0.15, 0.2) is 46.9 Å². The van der Waals surface area contributed by atoms with Crippen LogP contribution in [0.25, 0.3) is 0 Å². The number of nitrogens with one attached hydrogen (secondary N) is 1. The van der Waals surface area contributed by atoms with Crippen molar-refractivity contribution in [2.75, 3.05) is 11.9 Å². The van der Waals surface area contributed by atoms with E-state index in [1.165, 1.54) is 0 Å². The van der Waals surface area contributed by atoms with Gasteiger partial charge in [0.25, 0.3) is 5.91 Å². The molecule has 2 aromatic carbocycles. The predicted molar refractivity (Wildman–Crippen MR) is 89.0 cm³/mol. The molecule has 0 aliphatic rings. The highest BCUT2D eigenvalue weighted by Gasteiger charge is 2.11. The van der Waals surface area contributed by atoms with Crippen LogP contribution in [0.1, 0.15) is 21.5 Å². The van der Waals surface area contributed by atoms with Gasteiger partial charge >= 0.3 is 5.97 Å². The normalized spacial score (nSPS) is 10.1. The van der Waals surface area contributed by atoms with Gasteiger partial charge in [0.05, 0.1) is 5.56 Å². The van der Waals surface area contributed by atoms with Crippen molar-refractivity contribution in [1.29, 1.82) is 0 Å². The maximum atomic E-state index is 11.8. The number of ether oxygens (including phenoxy) is 1. The first-order valence-corrected chi connectivity index (χ1v) is 7.55. The summed E-state index contributed by atoms with van der Waals surface area (Å²) in [7, 11) is 0. The Morgan fingerprint density at radius 2 is 1.77 bits per heavy atom. The van der Waals surface area contributed by atoms with Gasteiger partial charge in [-0.1, -0.05) is 33.6 Å². The molecule has 22 heavy (non-hydrogen) atoms. The standard InChI is InChI=1S/C17H16BrNO3/c1-11-3-5-13(6-4-11)17(21)22-10-16(20)19-15-8-7-14(18)9-12(15)2/h3-9H,10H2,1-2H3,(H,19,20). The van der Waals surface area contributed by atoms with Crippen LogP contribution in [0.3, 0.4) is 0 Å². The molecule has 0 atom stereocenters. The molecule has 2 aromatic rings. The molecular weight excluding hydrogens is 346 g/mol. The van der Waals surface area contributed by atoms with Crippen LogP contribution < -0.4 is 5.32 Å². The average Bonchev–Trinajstić information content (AvgIpc) is 2.48. The third kappa shape index (κ3) is 4.43. The molecule has 0 bridgehead atoms. The number of hydrogen-bond donors (Lipinski definition) is 1. The van der Waals surface area contributed by atoms with Crippen molar-refractivity contribution in [1.82, 2.24) is 0 Å². The van der Waals surface area contributed by atoms with E-state index in [0.717, 1.165) is 15.6 Å². The second-order valence-corrected chi connectivity index (χ2v) is 5.87. The van der Waals surface area contributed by atoms with Crippen molar-refractivity contribution in [3.8, 4) is 0 Å². The molecule has 0 aromatic heterocycles. The molecule has 0 heterocycles. The fourth-order valence-electron chi connectivity index (χ4n) is 1.86. The number of carbonyl (C=O) groups is 2. The first kappa shape index (κ1) is 16.2. The zero-order valence-electron chi connectivity index (χ0n) is 12.4. The summed E-state index contributed by atoms with van der Waals surface area (Å²) in [5.41, 5.74) is 3.10. The second kappa shape index (κ2) is 7.22. The van der Waals surface area contributed by atoms with Gasteiger partial charge in [-0.2, -0.15) is 0 Å². The summed E-state index contributed by atoms with van der Waals surface area (Å²) in [6.45, 7) is 3.50. The molecule has 5 heteroatoms. The number of aryl methyl sites for hydroxylation is 2. The van der Waals surface area contributed by atoms with Crippen LogP contribution in [0.2, 0.25) is 0 Å². The van der Waals surface area contributed by atoms with Gasteiger partial charge in [-0.3, -0.25) is 4.79 Å². The Bertz CT molecular complexity index is 696. The summed E-state index contributed by atoms with van der Waals surface area (Å²) in [5.74, 6) is -0.881. The minimum Gasteiger partial charge on any atom is -0.452 e. The molecule has 4 nitrogen and oxygen atoms in total. The summed E-state index contributed by atoms with van der Waals surface area (Å²) in [6.07, 6.45) is 0. The number of esters is 1. The Balaban J connectivity index is 1.89. The van der Waals surface area contributed by atoms with Gasteiger partial charge in [-0.15, -0.1) is 0 Å². The summed E-state index contributed by atoms with van der Waals surface area (Å²) < 4.78 is 5.94. The second-order valence-electron chi connectivity index (χ2n) is 4.95. The predicted octanol–water partition coefficient (Wildman–Crippen LogP) is 3.86. The monoisotopic (exact) mass is 361 g/mol. The van der Waals surface area contributed by atoms with E-state index in [0.29, 0.717) is 11.3 Å². The van der Waals surface area contributed by atoms with Crippen molar-refractivity contribution in [2.24, 2.45) is 0 Å². The molecule has 0 radical (unpaired) electrons. The van der Waals surface area contributed by atoms with Gasteiger partial charge in [0.15, 0.2) is 6.61 Å². The van der Waals surface area contributed by atoms with E-state index in [1.54, 1.807) is 18.2 Å². The van der Waals surface area contributed by atoms with Crippen molar-refractivity contribution >= 4 is 33.5 Å². The van der Waals surface area contributed by atoms with Crippen molar-refractivity contribution in [3.05, 3.63) is 63.6 Å². The highest BCUT2D eigenvalue weighted by atomic mass is 79.9. The number of hydrogen-bond acceptors (Lipinski definition) is 3. The number of rotatable bonds is 4. The minimum absolute atomic E-state index is 0.317. The Hall–Kier alpha value is -2.14. The van der Waals surface area contributed by atoms with Crippen LogP contribution in [0, 0.1) is 13.8 Å². The molecule has 0 unspecified atom stereocenters. The summed E-state index contributed by atoms with van der Waals surface area (Å²) in [6, 6.07) is 12.5. The SMILES string of the molecule is Cc1ccc(C(=O)OCC(=O)Nc2ccc(Br)cc2C)cc1. The zero-order chi connectivity index (χ0) is 16.1. The highest BCUT2D eigenvalue weighted by molar-refractivity contribution is 9.10. The zero-order valence-corrected chi connectivity index (χ0v) is 13.9. The Morgan fingerprint density at radius 1 is 1.09 bits per heavy atom. The van der Waals surface area contributed by atoms with Gasteiger partial charge in [-0.05, 0) is 49.7 Å². The maximum Gasteiger partial charge on any atom is 0.338 e. The first-order valence-electron chi connectivity index (χ1n) is 6.75. The van der Waals surface area contributed by atoms with Crippen molar-refractivity contribution in [2.45, 2.75) is 13.8 Å². The minimum atomic E-state index is -0.511. The van der Waals surface area contributed by atoms with Gasteiger partial charge < -0.3 is 10.1 Å². The average molecular weight is 362 g/mol. The lowest BCUT2D eigenvalue weighted by Gasteiger charge is -2.09. The van der Waals surface area contributed by atoms with E-state index in [1.807, 2.05) is 38.1 Å². The number of benzene rings is 2. The lowest BCUT2D eigenvalue weighted by Crippen LogP contribution is -2.21. The molecule has 0 saturated heterocycles. The maximum absolute atomic E-state index is 11.8. The van der Waals surface area contributed by atoms with Crippen LogP contribution in [-0.4, -0.2) is 18.5 Å². The molecule has 114 valence electrons. The molecule has 2 rings (SSSR count). The molecule has 0 spiro atoms. The lowest BCUT2D eigenvalue weighted by atomic mass is 10.1. The number of amides is 1. The van der Waals surface area contributed by atoms with Crippen molar-refractivity contribution in [3.63, 3.8) is 0 Å². The quantitative estimate of drug-likeness (QED) is 0.841. The fourth-order valence-corrected chi connectivity index (χ4v) is 2.33. The van der Waals surface area contributed by atoms with Crippen LogP contribution in [-0.2, 0) is 9.53 Å². The smallest absolute Gasteiger partial charge is 0.338 e. The van der Waals surface area contributed by atoms with Gasteiger partial charge in [0.1, 0.15) is 0 Å². The number of carbonyl (C=O) groups excluding carboxylic acids is 2. The number of anilines is 1. The molecule has 1 N–H and O–H groups in total. The topological polar surface area (TPSA) is 55.4 Å². The molecule has 0 saturated carbocycles. The van der Waals surface area contributed by atoms with E-state index < -0.39 is 5.97 Å². The summed E-state index contributed by atoms with van der Waals surface area (Å²) in [5, 5.41) is 2.72. The Kier molecular flexibility index (Phi) is 5.33. The largest absolute Gasteiger partial charge is 0.452 e. The summed E-state index contributed by atoms with van der Waals surface area (Å²) >= 11 is 3.36. The van der Waals surface area contributed by atoms with E-state index in [9.17, 15) is 9.59 Å². The highest BCUT2D eigenvalue weighted by Crippen LogP contribution is 2.19. The van der Waals surface area contributed by atoms with E-state index in [4.69, 9.17) is 4.74 Å². The molecule has 0 fully saturated rings. The van der Waals surface area contributed by atoms with Crippen molar-refractivity contribution < 1.29 is 14.3 Å². The van der Waals surface area contributed by atoms with Crippen LogP contribution >= 0.6 is 15.9 Å². The Morgan fingerprint density at radius 3 is 2.41 bits per heavy atom. The Labute approximate surface area is 137 Å². The van der Waals surface area contributed by atoms with Crippen LogP contribution in [0.4, 0.5) is 5.69 Å². The first-order chi connectivity index (χ1) is 10.5. The lowest BCUT2D eigenvalue weighted by molar-refractivity contribution is -0.119. The molecule has 1 amide bonds. The van der Waals surface area contributed by atoms with E-state index in [2.05, 4.69) is 21.2 Å². The van der Waals surface area contributed by atoms with Gasteiger partial charge in [0.2, 0.25) is 0 Å². The van der Waals surface area contributed by atoms with Gasteiger partial charge in [-0.25, -0.2) is 4.79 Å². The molecule has 0 aliphatic heterocycles. The van der Waals surface area contributed by atoms with Crippen LogP contribution in [0.5, 0.6) is 0 Å². The summed E-state index contributed by atoms with van der Waals surface area (Å²) in [4.78, 5) is 23.7. The van der Waals surface area contributed by atoms with E-state index in [-0.39, 0.29) is 12.5 Å². The third-order valence-electron chi connectivity index (χ3n) is 3.08. The van der Waals surface area contributed by atoms with Gasteiger partial charge in [0, 0.05) is 10.2 Å². The molecule has 0 aliphatic carbocycles. The third-order valence-corrected chi connectivity index (χ3v) is 3.58.